The van der Waals surface area contributed by atoms with Crippen molar-refractivity contribution in [1.82, 2.24) is 0 Å². The molecule has 0 bridgehead atoms. The van der Waals surface area contributed by atoms with E-state index < -0.39 is 10.0 Å². The smallest absolute Gasteiger partial charge is 0.241 e. The molecule has 0 fully saturated rings. The van der Waals surface area contributed by atoms with Crippen LogP contribution in [0, 0.1) is 13.8 Å². The quantitative estimate of drug-likeness (QED) is 0.645. The second-order valence-electron chi connectivity index (χ2n) is 3.88. The Kier molecular flexibility index (Phi) is 4.31. The molecule has 0 atom stereocenters. The molecule has 0 aliphatic heterocycles. The minimum atomic E-state index is -3.77. The monoisotopic (exact) mass is 255 g/mol. The van der Waals surface area contributed by atoms with E-state index in [1.54, 1.807) is 13.0 Å². The molecular formula is C12H17NO3S. The van der Waals surface area contributed by atoms with Gasteiger partial charge in [0.1, 0.15) is 10.6 Å². The summed E-state index contributed by atoms with van der Waals surface area (Å²) in [6, 6.07) is 3.38. The Morgan fingerprint density at radius 3 is 2.59 bits per heavy atom. The first-order chi connectivity index (χ1) is 7.86. The van der Waals surface area contributed by atoms with Gasteiger partial charge in [0.25, 0.3) is 0 Å². The molecule has 1 aromatic carbocycles. The van der Waals surface area contributed by atoms with Crippen LogP contribution in [0.4, 0.5) is 0 Å². The molecule has 0 saturated heterocycles. The van der Waals surface area contributed by atoms with Crippen molar-refractivity contribution in [2.75, 3.05) is 6.61 Å². The van der Waals surface area contributed by atoms with E-state index in [0.717, 1.165) is 11.1 Å². The van der Waals surface area contributed by atoms with Crippen LogP contribution in [-0.2, 0) is 10.0 Å². The summed E-state index contributed by atoms with van der Waals surface area (Å²) in [4.78, 5) is 0.0408. The lowest BCUT2D eigenvalue weighted by molar-refractivity contribution is 0.314. The van der Waals surface area contributed by atoms with Crippen molar-refractivity contribution in [3.05, 3.63) is 35.9 Å². The maximum absolute atomic E-state index is 11.5. The van der Waals surface area contributed by atoms with Gasteiger partial charge < -0.3 is 4.74 Å². The van der Waals surface area contributed by atoms with E-state index in [1.165, 1.54) is 6.07 Å². The minimum absolute atomic E-state index is 0.0408. The summed E-state index contributed by atoms with van der Waals surface area (Å²) in [7, 11) is -3.77. The zero-order chi connectivity index (χ0) is 13.1. The van der Waals surface area contributed by atoms with Crippen molar-refractivity contribution in [3.63, 3.8) is 0 Å². The van der Waals surface area contributed by atoms with Crippen molar-refractivity contribution in [2.24, 2.45) is 5.14 Å². The Morgan fingerprint density at radius 1 is 1.41 bits per heavy atom. The van der Waals surface area contributed by atoms with Crippen LogP contribution in [0.15, 0.2) is 29.7 Å². The van der Waals surface area contributed by atoms with E-state index in [0.29, 0.717) is 18.8 Å². The highest BCUT2D eigenvalue weighted by Crippen LogP contribution is 2.28. The average molecular weight is 255 g/mol. The molecule has 2 N–H and O–H groups in total. The number of sulfonamides is 1. The summed E-state index contributed by atoms with van der Waals surface area (Å²) in [5.41, 5.74) is 1.60. The van der Waals surface area contributed by atoms with Crippen LogP contribution >= 0.6 is 0 Å². The fraction of sp³-hybridized carbons (Fsp3) is 0.333. The number of ether oxygens (including phenoxy) is 1. The summed E-state index contributed by atoms with van der Waals surface area (Å²) in [5.74, 6) is 0.333. The summed E-state index contributed by atoms with van der Waals surface area (Å²) < 4.78 is 28.4. The normalized spacial score (nSPS) is 11.2. The molecule has 0 amide bonds. The maximum Gasteiger partial charge on any atom is 0.241 e. The van der Waals surface area contributed by atoms with Crippen LogP contribution in [0.2, 0.25) is 0 Å². The Bertz CT molecular complexity index is 521. The van der Waals surface area contributed by atoms with Crippen molar-refractivity contribution < 1.29 is 13.2 Å². The third-order valence-corrected chi connectivity index (χ3v) is 3.18. The molecule has 0 aliphatic carbocycles. The van der Waals surface area contributed by atoms with Gasteiger partial charge in [0, 0.05) is 0 Å². The topological polar surface area (TPSA) is 69.4 Å². The van der Waals surface area contributed by atoms with Gasteiger partial charge >= 0.3 is 0 Å². The van der Waals surface area contributed by atoms with Crippen LogP contribution in [0.25, 0.3) is 0 Å². The third kappa shape index (κ3) is 3.57. The van der Waals surface area contributed by atoms with Crippen molar-refractivity contribution >= 4 is 10.0 Å². The predicted molar refractivity (Wildman–Crippen MR) is 67.6 cm³/mol. The van der Waals surface area contributed by atoms with E-state index in [2.05, 4.69) is 6.58 Å². The molecule has 1 rings (SSSR count). The first-order valence-corrected chi connectivity index (χ1v) is 6.78. The number of primary sulfonamides is 1. The van der Waals surface area contributed by atoms with Crippen LogP contribution in [0.3, 0.4) is 0 Å². The molecule has 1 aromatic rings. The van der Waals surface area contributed by atoms with E-state index in [-0.39, 0.29) is 4.90 Å². The number of rotatable bonds is 5. The van der Waals surface area contributed by atoms with Crippen LogP contribution in [-0.4, -0.2) is 15.0 Å². The molecule has 0 radical (unpaired) electrons. The van der Waals surface area contributed by atoms with Gasteiger partial charge in [-0.25, -0.2) is 13.6 Å². The number of hydrogen-bond donors (Lipinski definition) is 1. The molecule has 0 spiro atoms. The van der Waals surface area contributed by atoms with E-state index in [4.69, 9.17) is 9.88 Å². The summed E-state index contributed by atoms with van der Waals surface area (Å²) >= 11 is 0. The maximum atomic E-state index is 11.5. The molecule has 0 saturated carbocycles. The zero-order valence-electron chi connectivity index (χ0n) is 10.1. The van der Waals surface area contributed by atoms with Gasteiger partial charge in [-0.15, -0.1) is 6.58 Å². The third-order valence-electron chi connectivity index (χ3n) is 2.26. The van der Waals surface area contributed by atoms with Gasteiger partial charge in [-0.05, 0) is 37.5 Å². The van der Waals surface area contributed by atoms with Crippen molar-refractivity contribution in [1.29, 1.82) is 0 Å². The first-order valence-electron chi connectivity index (χ1n) is 5.24. The fourth-order valence-corrected chi connectivity index (χ4v) is 2.38. The van der Waals surface area contributed by atoms with E-state index in [9.17, 15) is 8.42 Å². The molecule has 4 nitrogen and oxygen atoms in total. The minimum Gasteiger partial charge on any atom is -0.492 e. The molecule has 0 heterocycles. The average Bonchev–Trinajstić information content (AvgIpc) is 2.19. The molecule has 94 valence electrons. The number of benzene rings is 1. The van der Waals surface area contributed by atoms with E-state index >= 15 is 0 Å². The second kappa shape index (κ2) is 5.33. The second-order valence-corrected chi connectivity index (χ2v) is 5.41. The van der Waals surface area contributed by atoms with Gasteiger partial charge in [-0.1, -0.05) is 12.1 Å². The SMILES string of the molecule is C=CCCOc1c(C)cc(C)cc1S(N)(=O)=O. The van der Waals surface area contributed by atoms with E-state index in [1.807, 2.05) is 13.0 Å². The summed E-state index contributed by atoms with van der Waals surface area (Å²) in [5, 5.41) is 5.17. The van der Waals surface area contributed by atoms with Gasteiger partial charge in [0.15, 0.2) is 0 Å². The largest absolute Gasteiger partial charge is 0.492 e. The standard InChI is InChI=1S/C12H17NO3S/c1-4-5-6-16-12-10(3)7-9(2)8-11(12)17(13,14)15/h4,7-8H,1,5-6H2,2-3H3,(H2,13,14,15). The molecule has 17 heavy (non-hydrogen) atoms. The van der Waals surface area contributed by atoms with Gasteiger partial charge in [-0.2, -0.15) is 0 Å². The number of nitrogens with two attached hydrogens (primary N) is 1. The Labute approximate surface area is 102 Å². The molecule has 0 aliphatic rings. The lowest BCUT2D eigenvalue weighted by Gasteiger charge is -2.13. The highest BCUT2D eigenvalue weighted by atomic mass is 32.2. The Hall–Kier alpha value is -1.33. The number of aryl methyl sites for hydroxylation is 2. The molecular weight excluding hydrogens is 238 g/mol. The first kappa shape index (κ1) is 13.7. The van der Waals surface area contributed by atoms with Crippen LogP contribution in [0.1, 0.15) is 17.5 Å². The fourth-order valence-electron chi connectivity index (χ4n) is 1.56. The lowest BCUT2D eigenvalue weighted by Crippen LogP contribution is -2.15. The Balaban J connectivity index is 3.21. The Morgan fingerprint density at radius 2 is 2.06 bits per heavy atom. The van der Waals surface area contributed by atoms with Gasteiger partial charge in [-0.3, -0.25) is 0 Å². The predicted octanol–water partition coefficient (Wildman–Crippen LogP) is 1.91. The highest BCUT2D eigenvalue weighted by molar-refractivity contribution is 7.89. The van der Waals surface area contributed by atoms with Crippen LogP contribution < -0.4 is 9.88 Å². The molecule has 0 aromatic heterocycles. The number of hydrogen-bond acceptors (Lipinski definition) is 3. The summed E-state index contributed by atoms with van der Waals surface area (Å²) in [6.07, 6.45) is 2.36. The molecule has 0 unspecified atom stereocenters. The lowest BCUT2D eigenvalue weighted by atomic mass is 10.1. The van der Waals surface area contributed by atoms with Crippen molar-refractivity contribution in [3.8, 4) is 5.75 Å². The zero-order valence-corrected chi connectivity index (χ0v) is 10.9. The van der Waals surface area contributed by atoms with Crippen LogP contribution in [0.5, 0.6) is 5.75 Å². The summed E-state index contributed by atoms with van der Waals surface area (Å²) in [6.45, 7) is 7.57. The van der Waals surface area contributed by atoms with Gasteiger partial charge in [0.2, 0.25) is 10.0 Å². The highest BCUT2D eigenvalue weighted by Gasteiger charge is 2.17. The van der Waals surface area contributed by atoms with Crippen molar-refractivity contribution in [2.45, 2.75) is 25.2 Å². The van der Waals surface area contributed by atoms with Gasteiger partial charge in [0.05, 0.1) is 6.61 Å². The molecule has 5 heteroatoms.